The second-order valence-electron chi connectivity index (χ2n) is 6.19. The molecule has 2 rings (SSSR count). The number of nitrogens with zero attached hydrogens (tertiary/aromatic N) is 2. The van der Waals surface area contributed by atoms with Crippen LogP contribution in [0.25, 0.3) is 0 Å². The van der Waals surface area contributed by atoms with Gasteiger partial charge in [0.2, 0.25) is 5.91 Å². The first-order chi connectivity index (χ1) is 11.6. The number of piperazine rings is 1. The van der Waals surface area contributed by atoms with Gasteiger partial charge in [0.15, 0.2) is 0 Å². The van der Waals surface area contributed by atoms with Crippen LogP contribution in [0.3, 0.4) is 0 Å². The number of benzene rings is 1. The zero-order chi connectivity index (χ0) is 17.4. The third-order valence-corrected chi connectivity index (χ3v) is 4.30. The van der Waals surface area contributed by atoms with Gasteiger partial charge in [-0.05, 0) is 18.4 Å². The maximum absolute atomic E-state index is 12.5. The van der Waals surface area contributed by atoms with Crippen LogP contribution in [0.4, 0.5) is 4.79 Å². The van der Waals surface area contributed by atoms with Crippen LogP contribution in [-0.2, 0) is 11.2 Å². The fourth-order valence-corrected chi connectivity index (χ4v) is 2.80. The summed E-state index contributed by atoms with van der Waals surface area (Å²) >= 11 is 0. The average molecular weight is 332 g/mol. The van der Waals surface area contributed by atoms with Crippen molar-refractivity contribution in [2.45, 2.75) is 32.2 Å². The van der Waals surface area contributed by atoms with Crippen molar-refractivity contribution >= 4 is 11.9 Å². The molecule has 0 aromatic heterocycles. The molecule has 0 radical (unpaired) electrons. The summed E-state index contributed by atoms with van der Waals surface area (Å²) in [5.74, 6) is -0.0371. The Morgan fingerprint density at radius 1 is 1.12 bits per heavy atom. The molecule has 3 amide bonds. The summed E-state index contributed by atoms with van der Waals surface area (Å²) < 4.78 is 0. The minimum Gasteiger partial charge on any atom is -0.338 e. The molecule has 1 aliphatic rings. The summed E-state index contributed by atoms with van der Waals surface area (Å²) in [6.45, 7) is 5.00. The SMILES string of the molecule is CCCCNC(=O)N1CCN(C(=O)[C@@H](N)Cc2ccccc2)CC1. The Morgan fingerprint density at radius 2 is 1.75 bits per heavy atom. The van der Waals surface area contributed by atoms with E-state index in [1.807, 2.05) is 30.3 Å². The summed E-state index contributed by atoms with van der Waals surface area (Å²) in [6, 6.07) is 9.23. The molecule has 0 bridgehead atoms. The molecule has 6 nitrogen and oxygen atoms in total. The summed E-state index contributed by atoms with van der Waals surface area (Å²) in [4.78, 5) is 28.0. The van der Waals surface area contributed by atoms with Crippen molar-refractivity contribution in [3.8, 4) is 0 Å². The lowest BCUT2D eigenvalue weighted by Gasteiger charge is -2.35. The predicted octanol–water partition coefficient (Wildman–Crippen LogP) is 1.21. The monoisotopic (exact) mass is 332 g/mol. The minimum absolute atomic E-state index is 0.0371. The number of hydrogen-bond acceptors (Lipinski definition) is 3. The lowest BCUT2D eigenvalue weighted by molar-refractivity contribution is -0.134. The number of rotatable bonds is 6. The zero-order valence-corrected chi connectivity index (χ0v) is 14.4. The van der Waals surface area contributed by atoms with Crippen LogP contribution < -0.4 is 11.1 Å². The number of amides is 3. The van der Waals surface area contributed by atoms with E-state index in [1.165, 1.54) is 0 Å². The molecule has 1 heterocycles. The van der Waals surface area contributed by atoms with E-state index < -0.39 is 6.04 Å². The molecule has 0 unspecified atom stereocenters. The largest absolute Gasteiger partial charge is 0.338 e. The Hall–Kier alpha value is -2.08. The molecule has 132 valence electrons. The normalized spacial score (nSPS) is 15.9. The fraction of sp³-hybridized carbons (Fsp3) is 0.556. The van der Waals surface area contributed by atoms with Crippen molar-refractivity contribution in [1.29, 1.82) is 0 Å². The van der Waals surface area contributed by atoms with Crippen LogP contribution in [0, 0.1) is 0 Å². The van der Waals surface area contributed by atoms with Crippen LogP contribution in [-0.4, -0.2) is 60.5 Å². The molecule has 24 heavy (non-hydrogen) atoms. The number of unbranched alkanes of at least 4 members (excludes halogenated alkanes) is 1. The summed E-state index contributed by atoms with van der Waals surface area (Å²) in [5, 5.41) is 2.91. The van der Waals surface area contributed by atoms with Crippen molar-refractivity contribution in [3.05, 3.63) is 35.9 Å². The first-order valence-electron chi connectivity index (χ1n) is 8.73. The van der Waals surface area contributed by atoms with E-state index in [2.05, 4.69) is 12.2 Å². The Bertz CT molecular complexity index is 527. The van der Waals surface area contributed by atoms with Gasteiger partial charge in [0, 0.05) is 32.7 Å². The maximum atomic E-state index is 12.5. The van der Waals surface area contributed by atoms with Gasteiger partial charge >= 0.3 is 6.03 Å². The van der Waals surface area contributed by atoms with Gasteiger partial charge in [0.25, 0.3) is 0 Å². The van der Waals surface area contributed by atoms with Crippen molar-refractivity contribution < 1.29 is 9.59 Å². The number of hydrogen-bond donors (Lipinski definition) is 2. The molecule has 0 saturated carbocycles. The van der Waals surface area contributed by atoms with Crippen molar-refractivity contribution in [3.63, 3.8) is 0 Å². The Morgan fingerprint density at radius 3 is 2.38 bits per heavy atom. The van der Waals surface area contributed by atoms with Crippen LogP contribution in [0.15, 0.2) is 30.3 Å². The third-order valence-electron chi connectivity index (χ3n) is 4.30. The van der Waals surface area contributed by atoms with E-state index in [4.69, 9.17) is 5.73 Å². The highest BCUT2D eigenvalue weighted by molar-refractivity contribution is 5.82. The highest BCUT2D eigenvalue weighted by Gasteiger charge is 2.27. The Kier molecular flexibility index (Phi) is 7.06. The number of urea groups is 1. The second-order valence-corrected chi connectivity index (χ2v) is 6.19. The van der Waals surface area contributed by atoms with Crippen LogP contribution in [0.1, 0.15) is 25.3 Å². The summed E-state index contributed by atoms with van der Waals surface area (Å²) in [7, 11) is 0. The Labute approximate surface area is 144 Å². The number of nitrogens with two attached hydrogens (primary N) is 1. The topological polar surface area (TPSA) is 78.7 Å². The Balaban J connectivity index is 1.76. The average Bonchev–Trinajstić information content (AvgIpc) is 2.62. The summed E-state index contributed by atoms with van der Waals surface area (Å²) in [6.07, 6.45) is 2.58. The molecule has 1 atom stereocenters. The zero-order valence-electron chi connectivity index (χ0n) is 14.4. The molecule has 3 N–H and O–H groups in total. The van der Waals surface area contributed by atoms with E-state index in [1.54, 1.807) is 9.80 Å². The quantitative estimate of drug-likeness (QED) is 0.769. The maximum Gasteiger partial charge on any atom is 0.317 e. The van der Waals surface area contributed by atoms with Gasteiger partial charge in [-0.25, -0.2) is 4.79 Å². The molecule has 6 heteroatoms. The van der Waals surface area contributed by atoms with E-state index in [0.717, 1.165) is 18.4 Å². The van der Waals surface area contributed by atoms with Gasteiger partial charge in [-0.1, -0.05) is 43.7 Å². The van der Waals surface area contributed by atoms with Gasteiger partial charge in [-0.15, -0.1) is 0 Å². The standard InChI is InChI=1S/C18H28N4O2/c1-2-3-9-20-18(24)22-12-10-21(11-13-22)17(23)16(19)14-15-7-5-4-6-8-15/h4-8,16H,2-3,9-14,19H2,1H3,(H,20,24)/t16-/m0/s1. The molecule has 1 fully saturated rings. The van der Waals surface area contributed by atoms with Gasteiger partial charge in [0.1, 0.15) is 0 Å². The fourth-order valence-electron chi connectivity index (χ4n) is 2.80. The predicted molar refractivity (Wildman–Crippen MR) is 94.6 cm³/mol. The summed E-state index contributed by atoms with van der Waals surface area (Å²) in [5.41, 5.74) is 7.13. The number of carbonyl (C=O) groups is 2. The van der Waals surface area contributed by atoms with Crippen molar-refractivity contribution in [2.75, 3.05) is 32.7 Å². The molecule has 1 aromatic carbocycles. The second kappa shape index (κ2) is 9.27. The van der Waals surface area contributed by atoms with Crippen molar-refractivity contribution in [1.82, 2.24) is 15.1 Å². The van der Waals surface area contributed by atoms with Gasteiger partial charge in [0.05, 0.1) is 6.04 Å². The molecule has 1 aliphatic heterocycles. The van der Waals surface area contributed by atoms with Gasteiger partial charge in [-0.2, -0.15) is 0 Å². The van der Waals surface area contributed by atoms with Crippen molar-refractivity contribution in [2.24, 2.45) is 5.73 Å². The number of nitrogens with one attached hydrogen (secondary N) is 1. The minimum atomic E-state index is -0.530. The first-order valence-corrected chi connectivity index (χ1v) is 8.73. The molecule has 1 saturated heterocycles. The third kappa shape index (κ3) is 5.23. The van der Waals surface area contributed by atoms with Crippen LogP contribution in [0.5, 0.6) is 0 Å². The van der Waals surface area contributed by atoms with Gasteiger partial charge < -0.3 is 20.9 Å². The molecular formula is C18H28N4O2. The lowest BCUT2D eigenvalue weighted by Crippen LogP contribution is -2.56. The molecule has 0 aliphatic carbocycles. The molecular weight excluding hydrogens is 304 g/mol. The number of carbonyl (C=O) groups excluding carboxylic acids is 2. The van der Waals surface area contributed by atoms with E-state index in [9.17, 15) is 9.59 Å². The van der Waals surface area contributed by atoms with Crippen LogP contribution in [0.2, 0.25) is 0 Å². The lowest BCUT2D eigenvalue weighted by atomic mass is 10.1. The van der Waals surface area contributed by atoms with Gasteiger partial charge in [-0.3, -0.25) is 4.79 Å². The van der Waals surface area contributed by atoms with E-state index >= 15 is 0 Å². The van der Waals surface area contributed by atoms with E-state index in [-0.39, 0.29) is 11.9 Å². The smallest absolute Gasteiger partial charge is 0.317 e. The van der Waals surface area contributed by atoms with Crippen LogP contribution >= 0.6 is 0 Å². The first kappa shape index (κ1) is 18.3. The van der Waals surface area contributed by atoms with E-state index in [0.29, 0.717) is 39.1 Å². The highest BCUT2D eigenvalue weighted by Crippen LogP contribution is 2.08. The molecule has 0 spiro atoms. The highest BCUT2D eigenvalue weighted by atomic mass is 16.2. The molecule has 1 aromatic rings.